The number of aliphatic carboxylic acids is 1. The maximum atomic E-state index is 12.6. The first kappa shape index (κ1) is 16.7. The molecule has 2 aliphatic rings. The highest BCUT2D eigenvalue weighted by molar-refractivity contribution is 5.90. The average molecular weight is 312 g/mol. The zero-order valence-electron chi connectivity index (χ0n) is 13.2. The number of likely N-dealkylation sites (tertiary alicyclic amines) is 1. The molecule has 7 nitrogen and oxygen atoms in total. The lowest BCUT2D eigenvalue weighted by Crippen LogP contribution is -2.50. The molecular formula is C15H24N2O5. The molecule has 2 fully saturated rings. The number of likely N-dealkylation sites (N-methyl/N-ethyl adjacent to an activating group) is 1. The smallest absolute Gasteiger partial charge is 0.332 e. The summed E-state index contributed by atoms with van der Waals surface area (Å²) in [6, 6.07) is -0.431. The van der Waals surface area contributed by atoms with Gasteiger partial charge in [-0.05, 0) is 39.5 Å². The second-order valence-electron chi connectivity index (χ2n) is 5.73. The molecule has 2 saturated heterocycles. The van der Waals surface area contributed by atoms with Crippen LogP contribution in [0.25, 0.3) is 0 Å². The van der Waals surface area contributed by atoms with Crippen molar-refractivity contribution < 1.29 is 24.2 Å². The van der Waals surface area contributed by atoms with E-state index < -0.39 is 24.2 Å². The van der Waals surface area contributed by atoms with Gasteiger partial charge in [-0.1, -0.05) is 0 Å². The van der Waals surface area contributed by atoms with Gasteiger partial charge >= 0.3 is 5.97 Å². The van der Waals surface area contributed by atoms with Crippen LogP contribution in [0.1, 0.15) is 39.5 Å². The summed E-state index contributed by atoms with van der Waals surface area (Å²) in [5.74, 6) is -1.30. The number of nitrogens with zero attached hydrogens (tertiary/aromatic N) is 2. The van der Waals surface area contributed by atoms with Crippen molar-refractivity contribution in [2.45, 2.75) is 57.8 Å². The highest BCUT2D eigenvalue weighted by Gasteiger charge is 2.42. The van der Waals surface area contributed by atoms with Gasteiger partial charge in [0.2, 0.25) is 5.91 Å². The molecule has 0 aromatic heterocycles. The van der Waals surface area contributed by atoms with E-state index in [-0.39, 0.29) is 11.8 Å². The van der Waals surface area contributed by atoms with E-state index in [0.717, 1.165) is 6.42 Å². The molecule has 3 atom stereocenters. The molecule has 2 aliphatic heterocycles. The van der Waals surface area contributed by atoms with Crippen LogP contribution in [0.3, 0.4) is 0 Å². The SMILES string of the molecule is CCN(CC)C(=O)C1CCCN1C(=O)[C@@H]1CC[C@H](C(=O)O)O1. The fourth-order valence-corrected chi connectivity index (χ4v) is 3.22. The molecule has 1 N–H and O–H groups in total. The Bertz CT molecular complexity index is 449. The van der Waals surface area contributed by atoms with Crippen LogP contribution in [0.5, 0.6) is 0 Å². The van der Waals surface area contributed by atoms with E-state index in [4.69, 9.17) is 9.84 Å². The van der Waals surface area contributed by atoms with Gasteiger partial charge in [0, 0.05) is 19.6 Å². The quantitative estimate of drug-likeness (QED) is 0.798. The lowest BCUT2D eigenvalue weighted by atomic mass is 10.1. The van der Waals surface area contributed by atoms with Gasteiger partial charge in [0.1, 0.15) is 12.1 Å². The summed E-state index contributed by atoms with van der Waals surface area (Å²) in [7, 11) is 0. The van der Waals surface area contributed by atoms with Gasteiger partial charge in [0.05, 0.1) is 0 Å². The van der Waals surface area contributed by atoms with Crippen LogP contribution in [-0.2, 0) is 19.1 Å². The summed E-state index contributed by atoms with van der Waals surface area (Å²) in [5, 5.41) is 8.94. The number of carbonyl (C=O) groups excluding carboxylic acids is 2. The number of carboxylic acids is 1. The molecule has 7 heteroatoms. The van der Waals surface area contributed by atoms with E-state index in [1.165, 1.54) is 0 Å². The molecule has 2 amide bonds. The Balaban J connectivity index is 2.03. The van der Waals surface area contributed by atoms with Gasteiger partial charge in [-0.3, -0.25) is 9.59 Å². The van der Waals surface area contributed by atoms with Crippen LogP contribution in [0.15, 0.2) is 0 Å². The standard InChI is InChI=1S/C15H24N2O5/c1-3-16(4-2)13(18)10-6-5-9-17(10)14(19)11-7-8-12(22-11)15(20)21/h10-12H,3-9H2,1-2H3,(H,20,21)/t10?,11-,12+/m0/s1. The Morgan fingerprint density at radius 1 is 1.14 bits per heavy atom. The Morgan fingerprint density at radius 2 is 1.77 bits per heavy atom. The molecule has 2 heterocycles. The van der Waals surface area contributed by atoms with Crippen molar-refractivity contribution in [3.8, 4) is 0 Å². The Morgan fingerprint density at radius 3 is 2.32 bits per heavy atom. The van der Waals surface area contributed by atoms with Gasteiger partial charge < -0.3 is 19.6 Å². The molecular weight excluding hydrogens is 288 g/mol. The second-order valence-corrected chi connectivity index (χ2v) is 5.73. The van der Waals surface area contributed by atoms with Crippen molar-refractivity contribution in [3.05, 3.63) is 0 Å². The first-order chi connectivity index (χ1) is 10.5. The number of carboxylic acid groups (broad SMARTS) is 1. The minimum absolute atomic E-state index is 0.0244. The minimum atomic E-state index is -1.03. The molecule has 0 aromatic rings. The summed E-state index contributed by atoms with van der Waals surface area (Å²) in [6.07, 6.45) is 0.557. The van der Waals surface area contributed by atoms with Crippen LogP contribution in [0, 0.1) is 0 Å². The number of amides is 2. The largest absolute Gasteiger partial charge is 0.479 e. The van der Waals surface area contributed by atoms with Crippen molar-refractivity contribution >= 4 is 17.8 Å². The number of rotatable bonds is 5. The summed E-state index contributed by atoms with van der Waals surface area (Å²) in [6.45, 7) is 5.61. The van der Waals surface area contributed by atoms with E-state index in [2.05, 4.69) is 0 Å². The van der Waals surface area contributed by atoms with E-state index in [9.17, 15) is 14.4 Å². The van der Waals surface area contributed by atoms with Gasteiger partial charge in [0.15, 0.2) is 6.10 Å². The fraction of sp³-hybridized carbons (Fsp3) is 0.800. The van der Waals surface area contributed by atoms with Crippen molar-refractivity contribution in [3.63, 3.8) is 0 Å². The summed E-state index contributed by atoms with van der Waals surface area (Å²) < 4.78 is 5.32. The predicted molar refractivity (Wildman–Crippen MR) is 78.2 cm³/mol. The summed E-state index contributed by atoms with van der Waals surface area (Å²) >= 11 is 0. The third-order valence-electron chi connectivity index (χ3n) is 4.47. The molecule has 0 aliphatic carbocycles. The van der Waals surface area contributed by atoms with Crippen molar-refractivity contribution in [1.82, 2.24) is 9.80 Å². The third kappa shape index (κ3) is 3.24. The maximum Gasteiger partial charge on any atom is 0.332 e. The van der Waals surface area contributed by atoms with E-state index >= 15 is 0 Å². The van der Waals surface area contributed by atoms with Crippen molar-refractivity contribution in [2.24, 2.45) is 0 Å². The molecule has 0 saturated carbocycles. The van der Waals surface area contributed by atoms with Crippen molar-refractivity contribution in [2.75, 3.05) is 19.6 Å². The Hall–Kier alpha value is -1.63. The third-order valence-corrected chi connectivity index (χ3v) is 4.47. The number of hydrogen-bond acceptors (Lipinski definition) is 4. The number of carbonyl (C=O) groups is 3. The average Bonchev–Trinajstić information content (AvgIpc) is 3.17. The van der Waals surface area contributed by atoms with Gasteiger partial charge in [0.25, 0.3) is 5.91 Å². The maximum absolute atomic E-state index is 12.6. The minimum Gasteiger partial charge on any atom is -0.479 e. The molecule has 22 heavy (non-hydrogen) atoms. The first-order valence-electron chi connectivity index (χ1n) is 7.97. The highest BCUT2D eigenvalue weighted by atomic mass is 16.5. The molecule has 124 valence electrons. The van der Waals surface area contributed by atoms with Crippen LogP contribution >= 0.6 is 0 Å². The van der Waals surface area contributed by atoms with Crippen LogP contribution in [-0.4, -0.2) is 70.6 Å². The van der Waals surface area contributed by atoms with Gasteiger partial charge in [-0.15, -0.1) is 0 Å². The highest BCUT2D eigenvalue weighted by Crippen LogP contribution is 2.26. The van der Waals surface area contributed by atoms with Gasteiger partial charge in [-0.2, -0.15) is 0 Å². The Kier molecular flexibility index (Phi) is 5.39. The monoisotopic (exact) mass is 312 g/mol. The van der Waals surface area contributed by atoms with E-state index in [1.54, 1.807) is 9.80 Å². The molecule has 0 aromatic carbocycles. The molecule has 0 spiro atoms. The zero-order chi connectivity index (χ0) is 16.3. The fourth-order valence-electron chi connectivity index (χ4n) is 3.22. The molecule has 1 unspecified atom stereocenters. The van der Waals surface area contributed by atoms with Crippen LogP contribution in [0.4, 0.5) is 0 Å². The van der Waals surface area contributed by atoms with Crippen LogP contribution < -0.4 is 0 Å². The number of hydrogen-bond donors (Lipinski definition) is 1. The molecule has 0 radical (unpaired) electrons. The van der Waals surface area contributed by atoms with Gasteiger partial charge in [-0.25, -0.2) is 4.79 Å². The summed E-state index contributed by atoms with van der Waals surface area (Å²) in [4.78, 5) is 39.3. The number of ether oxygens (including phenoxy) is 1. The topological polar surface area (TPSA) is 87.2 Å². The Labute approximate surface area is 130 Å². The molecule has 0 bridgehead atoms. The lowest BCUT2D eigenvalue weighted by Gasteiger charge is -2.30. The normalized spacial score (nSPS) is 27.9. The summed E-state index contributed by atoms with van der Waals surface area (Å²) in [5.41, 5.74) is 0. The lowest BCUT2D eigenvalue weighted by molar-refractivity contribution is -0.157. The van der Waals surface area contributed by atoms with Crippen molar-refractivity contribution in [1.29, 1.82) is 0 Å². The van der Waals surface area contributed by atoms with Crippen LogP contribution in [0.2, 0.25) is 0 Å². The molecule has 2 rings (SSSR count). The van der Waals surface area contributed by atoms with E-state index in [0.29, 0.717) is 38.9 Å². The predicted octanol–water partition coefficient (Wildman–Crippen LogP) is 0.478. The second kappa shape index (κ2) is 7.09. The first-order valence-corrected chi connectivity index (χ1v) is 7.97. The zero-order valence-corrected chi connectivity index (χ0v) is 13.2. The van der Waals surface area contributed by atoms with E-state index in [1.807, 2.05) is 13.8 Å².